The quantitative estimate of drug-likeness (QED) is 0.483. The van der Waals surface area contributed by atoms with Crippen LogP contribution in [0.25, 0.3) is 0 Å². The molecule has 3 rings (SSSR count). The highest BCUT2D eigenvalue weighted by Crippen LogP contribution is 2.29. The zero-order valence-corrected chi connectivity index (χ0v) is 19.2. The number of carbonyl (C=O) groups excluding carboxylic acids is 2. The Kier molecular flexibility index (Phi) is 8.00. The van der Waals surface area contributed by atoms with E-state index in [0.29, 0.717) is 50.0 Å². The maximum Gasteiger partial charge on any atom is 0.271 e. The predicted molar refractivity (Wildman–Crippen MR) is 126 cm³/mol. The van der Waals surface area contributed by atoms with E-state index in [1.54, 1.807) is 0 Å². The number of hydrogen-bond acceptors (Lipinski definition) is 6. The molecule has 2 aromatic carbocycles. The molecule has 0 radical (unpaired) electrons. The van der Waals surface area contributed by atoms with Gasteiger partial charge in [-0.25, -0.2) is 0 Å². The van der Waals surface area contributed by atoms with Crippen molar-refractivity contribution in [3.05, 3.63) is 63.7 Å². The first-order chi connectivity index (χ1) is 15.8. The maximum absolute atomic E-state index is 12.8. The Balaban J connectivity index is 1.47. The largest absolute Gasteiger partial charge is 0.495 e. The average Bonchev–Trinajstić information content (AvgIpc) is 2.82. The van der Waals surface area contributed by atoms with E-state index < -0.39 is 4.92 Å². The number of nitrogens with zero attached hydrogens (tertiary/aromatic N) is 3. The molecule has 0 aliphatic carbocycles. The summed E-state index contributed by atoms with van der Waals surface area (Å²) in [5.74, 6) is 0.563. The van der Waals surface area contributed by atoms with Gasteiger partial charge in [0.25, 0.3) is 11.6 Å². The number of benzene rings is 2. The highest BCUT2D eigenvalue weighted by Gasteiger charge is 2.23. The van der Waals surface area contributed by atoms with Crippen molar-refractivity contribution in [1.82, 2.24) is 9.80 Å². The van der Waals surface area contributed by atoms with Gasteiger partial charge in [0.15, 0.2) is 0 Å². The second kappa shape index (κ2) is 10.9. The minimum atomic E-state index is -0.519. The lowest BCUT2D eigenvalue weighted by Crippen LogP contribution is -2.49. The predicted octanol–water partition coefficient (Wildman–Crippen LogP) is 3.51. The first-order valence-corrected chi connectivity index (χ1v) is 11.0. The Morgan fingerprint density at radius 3 is 2.33 bits per heavy atom. The van der Waals surface area contributed by atoms with E-state index in [2.05, 4.69) is 24.1 Å². The number of amides is 2. The van der Waals surface area contributed by atoms with Crippen LogP contribution in [0.2, 0.25) is 0 Å². The summed E-state index contributed by atoms with van der Waals surface area (Å²) in [6.45, 7) is 7.35. The summed E-state index contributed by atoms with van der Waals surface area (Å²) in [6, 6.07) is 11.8. The van der Waals surface area contributed by atoms with Crippen LogP contribution in [-0.4, -0.2) is 66.4 Å². The van der Waals surface area contributed by atoms with Crippen LogP contribution in [0, 0.1) is 10.1 Å². The van der Waals surface area contributed by atoms with E-state index in [4.69, 9.17) is 4.74 Å². The van der Waals surface area contributed by atoms with Gasteiger partial charge in [-0.1, -0.05) is 26.0 Å². The number of anilines is 1. The van der Waals surface area contributed by atoms with Gasteiger partial charge in [0.1, 0.15) is 5.75 Å². The number of nitro groups is 1. The van der Waals surface area contributed by atoms with Crippen LogP contribution in [0.4, 0.5) is 11.4 Å². The van der Waals surface area contributed by atoms with E-state index in [-0.39, 0.29) is 29.6 Å². The summed E-state index contributed by atoms with van der Waals surface area (Å²) in [5, 5.41) is 13.7. The maximum atomic E-state index is 12.8. The van der Waals surface area contributed by atoms with Gasteiger partial charge in [-0.2, -0.15) is 0 Å². The van der Waals surface area contributed by atoms with Crippen LogP contribution in [-0.2, 0) is 4.79 Å². The number of nitrogens with one attached hydrogen (secondary N) is 1. The fraction of sp³-hybridized carbons (Fsp3) is 0.417. The summed E-state index contributed by atoms with van der Waals surface area (Å²) in [5.41, 5.74) is 2.05. The smallest absolute Gasteiger partial charge is 0.271 e. The van der Waals surface area contributed by atoms with Gasteiger partial charge in [-0.05, 0) is 29.7 Å². The normalized spacial score (nSPS) is 14.2. The molecule has 0 saturated carbocycles. The van der Waals surface area contributed by atoms with Crippen LogP contribution in [0.3, 0.4) is 0 Å². The monoisotopic (exact) mass is 454 g/mol. The number of hydrogen-bond donors (Lipinski definition) is 1. The first-order valence-electron chi connectivity index (χ1n) is 11.0. The fourth-order valence-electron chi connectivity index (χ4n) is 3.75. The number of carbonyl (C=O) groups is 2. The Bertz CT molecular complexity index is 998. The van der Waals surface area contributed by atoms with Gasteiger partial charge in [-0.15, -0.1) is 0 Å². The molecule has 0 spiro atoms. The van der Waals surface area contributed by atoms with Crippen LogP contribution in [0.5, 0.6) is 5.75 Å². The van der Waals surface area contributed by atoms with Crippen molar-refractivity contribution in [3.63, 3.8) is 0 Å². The van der Waals surface area contributed by atoms with Gasteiger partial charge >= 0.3 is 0 Å². The molecule has 1 fully saturated rings. The fourth-order valence-corrected chi connectivity index (χ4v) is 3.75. The summed E-state index contributed by atoms with van der Waals surface area (Å²) in [4.78, 5) is 39.6. The molecule has 0 unspecified atom stereocenters. The zero-order valence-electron chi connectivity index (χ0n) is 19.2. The zero-order chi connectivity index (χ0) is 24.0. The second-order valence-electron chi connectivity index (χ2n) is 8.35. The third-order valence-corrected chi connectivity index (χ3v) is 5.81. The van der Waals surface area contributed by atoms with Crippen molar-refractivity contribution in [3.8, 4) is 5.75 Å². The van der Waals surface area contributed by atoms with E-state index in [9.17, 15) is 19.7 Å². The topological polar surface area (TPSA) is 105 Å². The van der Waals surface area contributed by atoms with Crippen molar-refractivity contribution in [1.29, 1.82) is 0 Å². The third kappa shape index (κ3) is 6.29. The molecule has 9 nitrogen and oxygen atoms in total. The number of piperazine rings is 1. The Labute approximate surface area is 193 Å². The Morgan fingerprint density at radius 1 is 1.09 bits per heavy atom. The molecule has 0 bridgehead atoms. The molecule has 9 heteroatoms. The van der Waals surface area contributed by atoms with E-state index >= 15 is 0 Å². The van der Waals surface area contributed by atoms with Crippen molar-refractivity contribution in [2.24, 2.45) is 0 Å². The first kappa shape index (κ1) is 24.2. The molecule has 1 aliphatic rings. The number of rotatable bonds is 8. The van der Waals surface area contributed by atoms with Gasteiger partial charge in [0, 0.05) is 56.8 Å². The van der Waals surface area contributed by atoms with E-state index in [0.717, 1.165) is 0 Å². The Morgan fingerprint density at radius 2 is 1.76 bits per heavy atom. The van der Waals surface area contributed by atoms with Crippen molar-refractivity contribution >= 4 is 23.2 Å². The highest BCUT2D eigenvalue weighted by atomic mass is 16.6. The highest BCUT2D eigenvalue weighted by molar-refractivity contribution is 5.94. The minimum Gasteiger partial charge on any atom is -0.495 e. The van der Waals surface area contributed by atoms with Crippen molar-refractivity contribution in [2.75, 3.05) is 45.2 Å². The number of methoxy groups -OCH3 is 1. The summed E-state index contributed by atoms with van der Waals surface area (Å²) >= 11 is 0. The van der Waals surface area contributed by atoms with Crippen molar-refractivity contribution < 1.29 is 19.2 Å². The average molecular weight is 455 g/mol. The van der Waals surface area contributed by atoms with Crippen LogP contribution >= 0.6 is 0 Å². The molecular formula is C24H30N4O5. The third-order valence-electron chi connectivity index (χ3n) is 5.81. The SMILES string of the molecule is COc1ccc([N+](=O)[O-])cc1NC(=O)CCN1CCN(C(=O)c2ccc(C(C)C)cc2)CC1. The molecule has 1 heterocycles. The lowest BCUT2D eigenvalue weighted by molar-refractivity contribution is -0.384. The molecule has 2 amide bonds. The van der Waals surface area contributed by atoms with Crippen molar-refractivity contribution in [2.45, 2.75) is 26.2 Å². The van der Waals surface area contributed by atoms with Gasteiger partial charge in [0.05, 0.1) is 17.7 Å². The molecule has 1 saturated heterocycles. The lowest BCUT2D eigenvalue weighted by atomic mass is 10.0. The van der Waals surface area contributed by atoms with Gasteiger partial charge in [-0.3, -0.25) is 24.6 Å². The molecule has 0 atom stereocenters. The van der Waals surface area contributed by atoms with Gasteiger partial charge < -0.3 is 15.0 Å². The van der Waals surface area contributed by atoms with E-state index in [1.165, 1.54) is 30.9 Å². The molecule has 1 aliphatic heterocycles. The van der Waals surface area contributed by atoms with Crippen LogP contribution in [0.15, 0.2) is 42.5 Å². The second-order valence-corrected chi connectivity index (χ2v) is 8.35. The summed E-state index contributed by atoms with van der Waals surface area (Å²) in [7, 11) is 1.44. The molecule has 2 aromatic rings. The molecule has 33 heavy (non-hydrogen) atoms. The number of nitro benzene ring substituents is 1. The van der Waals surface area contributed by atoms with Crippen LogP contribution < -0.4 is 10.1 Å². The summed E-state index contributed by atoms with van der Waals surface area (Å²) in [6.07, 6.45) is 0.233. The summed E-state index contributed by atoms with van der Waals surface area (Å²) < 4.78 is 5.18. The molecule has 176 valence electrons. The Hall–Kier alpha value is -3.46. The molecular weight excluding hydrogens is 424 g/mol. The van der Waals surface area contributed by atoms with Crippen LogP contribution in [0.1, 0.15) is 42.1 Å². The number of ether oxygens (including phenoxy) is 1. The molecule has 1 N–H and O–H groups in total. The standard InChI is InChI=1S/C24H30N4O5/c1-17(2)18-4-6-19(7-5-18)24(30)27-14-12-26(13-15-27)11-10-23(29)25-21-16-20(28(31)32)8-9-22(21)33-3/h4-9,16-17H,10-15H2,1-3H3,(H,25,29). The van der Waals surface area contributed by atoms with Gasteiger partial charge in [0.2, 0.25) is 5.91 Å². The minimum absolute atomic E-state index is 0.0282. The van der Waals surface area contributed by atoms with E-state index in [1.807, 2.05) is 29.2 Å². The lowest BCUT2D eigenvalue weighted by Gasteiger charge is -2.34. The number of non-ortho nitro benzene ring substituents is 1. The molecule has 0 aromatic heterocycles.